The molecule has 2 unspecified atom stereocenters. The Balaban J connectivity index is 2.96. The van der Waals surface area contributed by atoms with Gasteiger partial charge in [-0.15, -0.1) is 0 Å². The molecule has 0 spiro atoms. The average Bonchev–Trinajstić information content (AvgIpc) is 2.35. The Labute approximate surface area is 103 Å². The van der Waals surface area contributed by atoms with E-state index < -0.39 is 11.7 Å². The third-order valence-electron chi connectivity index (χ3n) is 2.98. The molecule has 2 atom stereocenters. The van der Waals surface area contributed by atoms with Crippen LogP contribution in [0.15, 0.2) is 24.3 Å². The van der Waals surface area contributed by atoms with Gasteiger partial charge in [0.1, 0.15) is 11.9 Å². The molecule has 2 N–H and O–H groups in total. The van der Waals surface area contributed by atoms with Crippen molar-refractivity contribution in [1.82, 2.24) is 0 Å². The minimum Gasteiger partial charge on any atom is -0.493 e. The maximum Gasteiger partial charge on any atom is 0.125 e. The highest BCUT2D eigenvalue weighted by atomic mass is 16.5. The van der Waals surface area contributed by atoms with E-state index in [0.29, 0.717) is 24.3 Å². The lowest BCUT2D eigenvalue weighted by Crippen LogP contribution is -2.32. The molecule has 1 aromatic rings. The van der Waals surface area contributed by atoms with Crippen LogP contribution in [-0.4, -0.2) is 22.4 Å². The van der Waals surface area contributed by atoms with Crippen molar-refractivity contribution in [3.8, 4) is 5.75 Å². The van der Waals surface area contributed by atoms with Crippen LogP contribution in [0.1, 0.15) is 45.3 Å². The fourth-order valence-electron chi connectivity index (χ4n) is 1.58. The monoisotopic (exact) mass is 238 g/mol. The predicted octanol–water partition coefficient (Wildman–Crippen LogP) is 2.67. The molecule has 96 valence electrons. The molecule has 1 aromatic carbocycles. The van der Waals surface area contributed by atoms with Gasteiger partial charge in [-0.05, 0) is 25.8 Å². The van der Waals surface area contributed by atoms with E-state index >= 15 is 0 Å². The van der Waals surface area contributed by atoms with Crippen molar-refractivity contribution in [3.05, 3.63) is 29.8 Å². The van der Waals surface area contributed by atoms with Gasteiger partial charge in [-0.2, -0.15) is 0 Å². The van der Waals surface area contributed by atoms with Crippen LogP contribution >= 0.6 is 0 Å². The molecule has 0 fully saturated rings. The van der Waals surface area contributed by atoms with Crippen molar-refractivity contribution in [2.45, 2.75) is 45.3 Å². The summed E-state index contributed by atoms with van der Waals surface area (Å²) in [5.74, 6) is 0.649. The van der Waals surface area contributed by atoms with E-state index in [0.717, 1.165) is 6.42 Å². The van der Waals surface area contributed by atoms with E-state index in [9.17, 15) is 10.2 Å². The number of aliphatic hydroxyl groups is 2. The Morgan fingerprint density at radius 3 is 2.53 bits per heavy atom. The molecule has 0 radical (unpaired) electrons. The topological polar surface area (TPSA) is 49.7 Å². The number of ether oxygens (including phenoxy) is 1. The van der Waals surface area contributed by atoms with Crippen molar-refractivity contribution in [2.24, 2.45) is 0 Å². The Morgan fingerprint density at radius 2 is 1.94 bits per heavy atom. The zero-order valence-electron chi connectivity index (χ0n) is 10.8. The smallest absolute Gasteiger partial charge is 0.125 e. The Hall–Kier alpha value is -1.06. The van der Waals surface area contributed by atoms with Crippen LogP contribution < -0.4 is 4.74 Å². The van der Waals surface area contributed by atoms with Crippen molar-refractivity contribution in [1.29, 1.82) is 0 Å². The first kappa shape index (κ1) is 14.0. The lowest BCUT2D eigenvalue weighted by molar-refractivity contribution is -0.0668. The molecule has 0 aliphatic heterocycles. The van der Waals surface area contributed by atoms with Crippen LogP contribution in [0, 0.1) is 0 Å². The maximum absolute atomic E-state index is 10.2. The molecule has 0 aromatic heterocycles. The zero-order chi connectivity index (χ0) is 12.9. The molecule has 17 heavy (non-hydrogen) atoms. The van der Waals surface area contributed by atoms with Gasteiger partial charge < -0.3 is 14.9 Å². The fourth-order valence-corrected chi connectivity index (χ4v) is 1.58. The zero-order valence-corrected chi connectivity index (χ0v) is 10.8. The van der Waals surface area contributed by atoms with Crippen LogP contribution in [0.4, 0.5) is 0 Å². The van der Waals surface area contributed by atoms with Gasteiger partial charge in [-0.1, -0.05) is 32.0 Å². The van der Waals surface area contributed by atoms with Gasteiger partial charge in [0.2, 0.25) is 0 Å². The normalized spacial score (nSPS) is 16.3. The molecule has 0 amide bonds. The number of para-hydroxylation sites is 1. The first-order valence-corrected chi connectivity index (χ1v) is 6.15. The highest BCUT2D eigenvalue weighted by Gasteiger charge is 2.31. The number of rotatable bonds is 6. The molecular weight excluding hydrogens is 216 g/mol. The highest BCUT2D eigenvalue weighted by molar-refractivity contribution is 5.36. The summed E-state index contributed by atoms with van der Waals surface area (Å²) in [7, 11) is 0. The number of hydrogen-bond acceptors (Lipinski definition) is 3. The van der Waals surface area contributed by atoms with Gasteiger partial charge in [0.15, 0.2) is 0 Å². The first-order valence-electron chi connectivity index (χ1n) is 6.15. The summed E-state index contributed by atoms with van der Waals surface area (Å²) in [6.07, 6.45) is 0.464. The number of aliphatic hydroxyl groups excluding tert-OH is 1. The van der Waals surface area contributed by atoms with Gasteiger partial charge in [-0.25, -0.2) is 0 Å². The molecule has 0 saturated carbocycles. The summed E-state index contributed by atoms with van der Waals surface area (Å²) in [4.78, 5) is 0. The Morgan fingerprint density at radius 1 is 1.29 bits per heavy atom. The predicted molar refractivity (Wildman–Crippen MR) is 68.1 cm³/mol. The minimum absolute atomic E-state index is 0.482. The molecule has 0 aliphatic rings. The van der Waals surface area contributed by atoms with E-state index in [2.05, 4.69) is 0 Å². The van der Waals surface area contributed by atoms with Gasteiger partial charge >= 0.3 is 0 Å². The van der Waals surface area contributed by atoms with Crippen LogP contribution in [0.5, 0.6) is 5.75 Å². The van der Waals surface area contributed by atoms with Crippen LogP contribution in [-0.2, 0) is 0 Å². The average molecular weight is 238 g/mol. The SMILES string of the molecule is CCCOc1ccccc1C(O)C(C)(O)CC. The van der Waals surface area contributed by atoms with E-state index in [1.54, 1.807) is 13.0 Å². The second-order valence-corrected chi connectivity index (χ2v) is 4.50. The second kappa shape index (κ2) is 6.03. The third kappa shape index (κ3) is 3.45. The van der Waals surface area contributed by atoms with Crippen molar-refractivity contribution in [2.75, 3.05) is 6.61 Å². The molecule has 3 nitrogen and oxygen atoms in total. The standard InChI is InChI=1S/C14H22O3/c1-4-10-17-12-9-7-6-8-11(12)13(15)14(3,16)5-2/h6-9,13,15-16H,4-5,10H2,1-3H3. The summed E-state index contributed by atoms with van der Waals surface area (Å²) in [5, 5.41) is 20.3. The minimum atomic E-state index is -1.13. The quantitative estimate of drug-likeness (QED) is 0.801. The highest BCUT2D eigenvalue weighted by Crippen LogP contribution is 2.34. The maximum atomic E-state index is 10.2. The summed E-state index contributed by atoms with van der Waals surface area (Å²) >= 11 is 0. The van der Waals surface area contributed by atoms with Crippen LogP contribution in [0.2, 0.25) is 0 Å². The Kier molecular flexibility index (Phi) is 4.97. The Bertz CT molecular complexity index is 347. The van der Waals surface area contributed by atoms with Gasteiger partial charge in [0, 0.05) is 5.56 Å². The summed E-state index contributed by atoms with van der Waals surface area (Å²) in [6, 6.07) is 7.31. The van der Waals surface area contributed by atoms with E-state index in [1.165, 1.54) is 0 Å². The summed E-state index contributed by atoms with van der Waals surface area (Å²) in [5.41, 5.74) is -0.487. The lowest BCUT2D eigenvalue weighted by atomic mass is 9.90. The van der Waals surface area contributed by atoms with Crippen LogP contribution in [0.25, 0.3) is 0 Å². The first-order chi connectivity index (χ1) is 8.03. The molecule has 3 heteroatoms. The van der Waals surface area contributed by atoms with Crippen molar-refractivity contribution < 1.29 is 14.9 Å². The largest absolute Gasteiger partial charge is 0.493 e. The van der Waals surface area contributed by atoms with E-state index in [4.69, 9.17) is 4.74 Å². The van der Waals surface area contributed by atoms with Gasteiger partial charge in [0.25, 0.3) is 0 Å². The van der Waals surface area contributed by atoms with E-state index in [-0.39, 0.29) is 0 Å². The van der Waals surface area contributed by atoms with E-state index in [1.807, 2.05) is 32.0 Å². The number of hydrogen-bond donors (Lipinski definition) is 2. The number of benzene rings is 1. The summed E-state index contributed by atoms with van der Waals surface area (Å²) < 4.78 is 5.58. The molecule has 0 bridgehead atoms. The molecular formula is C14H22O3. The molecule has 0 heterocycles. The molecule has 0 saturated heterocycles. The van der Waals surface area contributed by atoms with Crippen molar-refractivity contribution in [3.63, 3.8) is 0 Å². The third-order valence-corrected chi connectivity index (χ3v) is 2.98. The molecule has 0 aliphatic carbocycles. The van der Waals surface area contributed by atoms with Crippen molar-refractivity contribution >= 4 is 0 Å². The molecule has 1 rings (SSSR count). The second-order valence-electron chi connectivity index (χ2n) is 4.50. The van der Waals surface area contributed by atoms with Gasteiger partial charge in [0.05, 0.1) is 12.2 Å². The fraction of sp³-hybridized carbons (Fsp3) is 0.571. The lowest BCUT2D eigenvalue weighted by Gasteiger charge is -2.29. The van der Waals surface area contributed by atoms with Gasteiger partial charge in [-0.3, -0.25) is 0 Å². The van der Waals surface area contributed by atoms with Crippen LogP contribution in [0.3, 0.4) is 0 Å². The summed E-state index contributed by atoms with van der Waals surface area (Å²) in [6.45, 7) is 6.12.